The number of H-pyrrole nitrogens is 1. The molecular weight excluding hydrogens is 152 g/mol. The lowest BCUT2D eigenvalue weighted by Crippen LogP contribution is -1.94. The molecule has 1 aromatic rings. The minimum Gasteiger partial charge on any atom is -0.384 e. The van der Waals surface area contributed by atoms with Crippen molar-refractivity contribution in [2.24, 2.45) is 5.92 Å². The first-order valence-corrected chi connectivity index (χ1v) is 4.31. The highest BCUT2D eigenvalue weighted by atomic mass is 16.5. The highest BCUT2D eigenvalue weighted by Gasteiger charge is 2.40. The number of ether oxygens (including phenoxy) is 1. The Morgan fingerprint density at radius 3 is 3.17 bits per heavy atom. The van der Waals surface area contributed by atoms with Crippen LogP contribution in [0.25, 0.3) is 0 Å². The fourth-order valence-corrected chi connectivity index (χ4v) is 1.60. The Morgan fingerprint density at radius 1 is 1.75 bits per heavy atom. The van der Waals surface area contributed by atoms with E-state index in [9.17, 15) is 0 Å². The van der Waals surface area contributed by atoms with Crippen LogP contribution in [0.2, 0.25) is 0 Å². The monoisotopic (exact) mass is 166 g/mol. The highest BCUT2D eigenvalue weighted by Crippen LogP contribution is 2.45. The highest BCUT2D eigenvalue weighted by molar-refractivity contribution is 5.12. The van der Waals surface area contributed by atoms with Crippen LogP contribution in [0.15, 0.2) is 6.20 Å². The quantitative estimate of drug-likeness (QED) is 0.738. The Morgan fingerprint density at radius 2 is 2.58 bits per heavy atom. The zero-order valence-electron chi connectivity index (χ0n) is 7.50. The molecule has 3 heteroatoms. The standard InChI is InChI=1S/C9H14N2O/c1-6-4-10-9(11-6)8-3-7(8)5-12-2/h4,7-8H,3,5H2,1-2H3,(H,10,11). The molecule has 3 nitrogen and oxygen atoms in total. The van der Waals surface area contributed by atoms with E-state index in [0.29, 0.717) is 11.8 Å². The van der Waals surface area contributed by atoms with E-state index in [1.165, 1.54) is 6.42 Å². The van der Waals surface area contributed by atoms with Crippen LogP contribution in [0.4, 0.5) is 0 Å². The third-order valence-electron chi connectivity index (χ3n) is 2.38. The topological polar surface area (TPSA) is 37.9 Å². The molecule has 1 saturated carbocycles. The molecule has 66 valence electrons. The summed E-state index contributed by atoms with van der Waals surface area (Å²) in [6.07, 6.45) is 3.11. The molecule has 1 heterocycles. The minimum atomic E-state index is 0.624. The first kappa shape index (κ1) is 7.80. The van der Waals surface area contributed by atoms with Gasteiger partial charge < -0.3 is 9.72 Å². The van der Waals surface area contributed by atoms with Crippen molar-refractivity contribution < 1.29 is 4.74 Å². The second-order valence-corrected chi connectivity index (χ2v) is 3.51. The third-order valence-corrected chi connectivity index (χ3v) is 2.38. The second kappa shape index (κ2) is 2.90. The molecule has 1 N–H and O–H groups in total. The van der Waals surface area contributed by atoms with Gasteiger partial charge in [-0.25, -0.2) is 4.98 Å². The zero-order valence-corrected chi connectivity index (χ0v) is 7.50. The number of imidazole rings is 1. The molecule has 0 saturated heterocycles. The molecule has 2 rings (SSSR count). The van der Waals surface area contributed by atoms with Gasteiger partial charge in [0.2, 0.25) is 0 Å². The number of methoxy groups -OCH3 is 1. The Balaban J connectivity index is 1.96. The van der Waals surface area contributed by atoms with Gasteiger partial charge in [0.15, 0.2) is 0 Å². The molecular formula is C9H14N2O. The lowest BCUT2D eigenvalue weighted by molar-refractivity contribution is 0.184. The van der Waals surface area contributed by atoms with E-state index >= 15 is 0 Å². The van der Waals surface area contributed by atoms with Crippen LogP contribution in [0.5, 0.6) is 0 Å². The van der Waals surface area contributed by atoms with Crippen LogP contribution >= 0.6 is 0 Å². The molecule has 1 aliphatic carbocycles. The third kappa shape index (κ3) is 1.37. The maximum absolute atomic E-state index is 5.08. The Bertz CT molecular complexity index is 269. The van der Waals surface area contributed by atoms with E-state index in [-0.39, 0.29) is 0 Å². The van der Waals surface area contributed by atoms with Crippen LogP contribution in [-0.2, 0) is 4.74 Å². The number of hydrogen-bond donors (Lipinski definition) is 1. The average molecular weight is 166 g/mol. The van der Waals surface area contributed by atoms with Crippen molar-refractivity contribution in [3.05, 3.63) is 17.7 Å². The molecule has 0 bridgehead atoms. The van der Waals surface area contributed by atoms with Crippen LogP contribution < -0.4 is 0 Å². The van der Waals surface area contributed by atoms with Crippen molar-refractivity contribution in [2.75, 3.05) is 13.7 Å². The summed E-state index contributed by atoms with van der Waals surface area (Å²) >= 11 is 0. The molecule has 1 fully saturated rings. The summed E-state index contributed by atoms with van der Waals surface area (Å²) in [5.41, 5.74) is 1.15. The molecule has 0 aliphatic heterocycles. The Hall–Kier alpha value is -0.830. The molecule has 1 aromatic heterocycles. The summed E-state index contributed by atoms with van der Waals surface area (Å²) in [7, 11) is 1.75. The first-order valence-electron chi connectivity index (χ1n) is 4.31. The smallest absolute Gasteiger partial charge is 0.109 e. The molecule has 12 heavy (non-hydrogen) atoms. The number of nitrogens with one attached hydrogen (secondary N) is 1. The molecule has 0 amide bonds. The zero-order chi connectivity index (χ0) is 8.55. The van der Waals surface area contributed by atoms with Crippen molar-refractivity contribution in [3.8, 4) is 0 Å². The molecule has 2 unspecified atom stereocenters. The maximum Gasteiger partial charge on any atom is 0.109 e. The van der Waals surface area contributed by atoms with Crippen molar-refractivity contribution in [1.29, 1.82) is 0 Å². The van der Waals surface area contributed by atoms with Gasteiger partial charge in [-0.15, -0.1) is 0 Å². The maximum atomic E-state index is 5.08. The van der Waals surface area contributed by atoms with Gasteiger partial charge in [-0.05, 0) is 19.3 Å². The van der Waals surface area contributed by atoms with Gasteiger partial charge >= 0.3 is 0 Å². The van der Waals surface area contributed by atoms with Crippen LogP contribution in [0.3, 0.4) is 0 Å². The molecule has 0 aromatic carbocycles. The van der Waals surface area contributed by atoms with Gasteiger partial charge in [0.05, 0.1) is 0 Å². The van der Waals surface area contributed by atoms with E-state index in [4.69, 9.17) is 4.74 Å². The summed E-state index contributed by atoms with van der Waals surface area (Å²) in [6, 6.07) is 0. The van der Waals surface area contributed by atoms with Gasteiger partial charge in [-0.3, -0.25) is 0 Å². The summed E-state index contributed by atoms with van der Waals surface area (Å²) in [5.74, 6) is 2.45. The van der Waals surface area contributed by atoms with Crippen molar-refractivity contribution in [1.82, 2.24) is 9.97 Å². The molecule has 0 radical (unpaired) electrons. The summed E-state index contributed by atoms with van der Waals surface area (Å²) in [4.78, 5) is 7.56. The van der Waals surface area contributed by atoms with Crippen LogP contribution in [0, 0.1) is 12.8 Å². The van der Waals surface area contributed by atoms with E-state index in [2.05, 4.69) is 9.97 Å². The van der Waals surface area contributed by atoms with E-state index < -0.39 is 0 Å². The lowest BCUT2D eigenvalue weighted by Gasteiger charge is -1.94. The van der Waals surface area contributed by atoms with Crippen molar-refractivity contribution >= 4 is 0 Å². The fraction of sp³-hybridized carbons (Fsp3) is 0.667. The Labute approximate surface area is 72.2 Å². The predicted molar refractivity (Wildman–Crippen MR) is 46.0 cm³/mol. The van der Waals surface area contributed by atoms with Gasteiger partial charge in [-0.1, -0.05) is 0 Å². The number of aryl methyl sites for hydroxylation is 1. The van der Waals surface area contributed by atoms with Gasteiger partial charge in [0, 0.05) is 31.5 Å². The summed E-state index contributed by atoms with van der Waals surface area (Å²) < 4.78 is 5.08. The van der Waals surface area contributed by atoms with Gasteiger partial charge in [-0.2, -0.15) is 0 Å². The summed E-state index contributed by atoms with van der Waals surface area (Å²) in [5, 5.41) is 0. The first-order chi connectivity index (χ1) is 5.81. The van der Waals surface area contributed by atoms with E-state index in [1.807, 2.05) is 13.1 Å². The lowest BCUT2D eigenvalue weighted by atomic mass is 10.3. The van der Waals surface area contributed by atoms with Crippen molar-refractivity contribution in [2.45, 2.75) is 19.3 Å². The number of hydrogen-bond acceptors (Lipinski definition) is 2. The molecule has 1 aliphatic rings. The summed E-state index contributed by atoms with van der Waals surface area (Å²) in [6.45, 7) is 2.90. The van der Waals surface area contributed by atoms with E-state index in [1.54, 1.807) is 7.11 Å². The number of rotatable bonds is 3. The number of aromatic nitrogens is 2. The van der Waals surface area contributed by atoms with Gasteiger partial charge in [0.25, 0.3) is 0 Å². The SMILES string of the molecule is COCC1CC1c1ncc(C)[nH]1. The predicted octanol–water partition coefficient (Wildman–Crippen LogP) is 1.47. The largest absolute Gasteiger partial charge is 0.384 e. The second-order valence-electron chi connectivity index (χ2n) is 3.51. The van der Waals surface area contributed by atoms with Crippen molar-refractivity contribution in [3.63, 3.8) is 0 Å². The number of nitrogens with zero attached hydrogens (tertiary/aromatic N) is 1. The van der Waals surface area contributed by atoms with E-state index in [0.717, 1.165) is 18.1 Å². The minimum absolute atomic E-state index is 0.624. The molecule has 2 atom stereocenters. The van der Waals surface area contributed by atoms with Crippen LogP contribution in [-0.4, -0.2) is 23.7 Å². The normalized spacial score (nSPS) is 27.5. The van der Waals surface area contributed by atoms with Crippen LogP contribution in [0.1, 0.15) is 23.9 Å². The van der Waals surface area contributed by atoms with Gasteiger partial charge in [0.1, 0.15) is 5.82 Å². The number of aromatic amines is 1. The Kier molecular flexibility index (Phi) is 1.89. The average Bonchev–Trinajstić information content (AvgIpc) is 2.67. The fourth-order valence-electron chi connectivity index (χ4n) is 1.60. The molecule has 0 spiro atoms.